The standard InChI is InChI=1S/C22H20.2H3O4P/c1-22(2,3)16-13-11-15(12-14-16)17-9-6-10-20-18-7-4-5-8-19(18)21(17)20;2*1-5(2,3)4/h4-14H,1-3H3;2*(H3,1,2,3,4). The third-order valence-electron chi connectivity index (χ3n) is 4.61. The zero-order valence-electron chi connectivity index (χ0n) is 17.7. The van der Waals surface area contributed by atoms with Gasteiger partial charge in [-0.3, -0.25) is 0 Å². The first-order chi connectivity index (χ1) is 14.6. The molecule has 0 saturated heterocycles. The van der Waals surface area contributed by atoms with Gasteiger partial charge in [-0.05, 0) is 43.0 Å². The van der Waals surface area contributed by atoms with E-state index >= 15 is 0 Å². The average molecular weight is 480 g/mol. The number of rotatable bonds is 1. The Kier molecular flexibility index (Phi) is 8.00. The molecule has 0 fully saturated rings. The van der Waals surface area contributed by atoms with E-state index in [-0.39, 0.29) is 5.41 Å². The van der Waals surface area contributed by atoms with E-state index in [0.29, 0.717) is 0 Å². The lowest BCUT2D eigenvalue weighted by Gasteiger charge is -2.19. The molecule has 32 heavy (non-hydrogen) atoms. The Balaban J connectivity index is 0.000000308. The molecule has 6 N–H and O–H groups in total. The van der Waals surface area contributed by atoms with E-state index in [4.69, 9.17) is 38.5 Å². The maximum Gasteiger partial charge on any atom is 0.466 e. The molecular weight excluding hydrogens is 454 g/mol. The lowest BCUT2D eigenvalue weighted by Crippen LogP contribution is -2.10. The van der Waals surface area contributed by atoms with Crippen molar-refractivity contribution in [3.05, 3.63) is 93.2 Å². The number of hydrogen-bond acceptors (Lipinski definition) is 2. The highest BCUT2D eigenvalue weighted by Crippen LogP contribution is 2.29. The van der Waals surface area contributed by atoms with Gasteiger partial charge in [-0.25, -0.2) is 9.13 Å². The Morgan fingerprint density at radius 2 is 1.03 bits per heavy atom. The molecule has 0 aromatic heterocycles. The van der Waals surface area contributed by atoms with Crippen LogP contribution >= 0.6 is 15.6 Å². The monoisotopic (exact) mass is 480 g/mol. The van der Waals surface area contributed by atoms with Gasteiger partial charge in [0.25, 0.3) is 0 Å². The van der Waals surface area contributed by atoms with Crippen LogP contribution in [0, 0.1) is 20.9 Å². The fourth-order valence-electron chi connectivity index (χ4n) is 3.33. The molecule has 0 unspecified atom stereocenters. The SMILES string of the molecule is CC(C)(C)c1ccc(-c2cccc3c2=c2ccccc2=3)cc1.O=P(O)(O)O.O=P(O)(O)O. The summed E-state index contributed by atoms with van der Waals surface area (Å²) in [6.07, 6.45) is 0. The Morgan fingerprint density at radius 3 is 1.50 bits per heavy atom. The van der Waals surface area contributed by atoms with E-state index < -0.39 is 15.6 Å². The number of benzene rings is 3. The molecule has 0 atom stereocenters. The molecule has 0 bridgehead atoms. The zero-order valence-corrected chi connectivity index (χ0v) is 19.5. The van der Waals surface area contributed by atoms with Gasteiger partial charge >= 0.3 is 15.6 Å². The summed E-state index contributed by atoms with van der Waals surface area (Å²) in [5.74, 6) is 0. The molecular formula is C22H26O8P2. The molecule has 4 rings (SSSR count). The lowest BCUT2D eigenvalue weighted by atomic mass is 9.85. The van der Waals surface area contributed by atoms with Crippen LogP contribution in [0.3, 0.4) is 0 Å². The van der Waals surface area contributed by atoms with Crippen molar-refractivity contribution in [2.24, 2.45) is 0 Å². The molecule has 0 saturated carbocycles. The summed E-state index contributed by atoms with van der Waals surface area (Å²) in [5.41, 5.74) is 4.23. The van der Waals surface area contributed by atoms with Crippen molar-refractivity contribution in [2.75, 3.05) is 0 Å². The van der Waals surface area contributed by atoms with E-state index in [1.54, 1.807) is 0 Å². The van der Waals surface area contributed by atoms with Crippen molar-refractivity contribution in [1.82, 2.24) is 0 Å². The maximum absolute atomic E-state index is 8.88. The quantitative estimate of drug-likeness (QED) is 0.225. The summed E-state index contributed by atoms with van der Waals surface area (Å²) in [6, 6.07) is 24.4. The Morgan fingerprint density at radius 1 is 0.594 bits per heavy atom. The van der Waals surface area contributed by atoms with Gasteiger partial charge < -0.3 is 29.4 Å². The van der Waals surface area contributed by atoms with Gasteiger partial charge in [-0.15, -0.1) is 0 Å². The van der Waals surface area contributed by atoms with Crippen molar-refractivity contribution in [2.45, 2.75) is 26.2 Å². The molecule has 0 radical (unpaired) electrons. The first kappa shape index (κ1) is 26.1. The first-order valence-corrected chi connectivity index (χ1v) is 12.6. The summed E-state index contributed by atoms with van der Waals surface area (Å²) in [6.45, 7) is 6.77. The van der Waals surface area contributed by atoms with Gasteiger partial charge in [0.05, 0.1) is 0 Å². The van der Waals surface area contributed by atoms with Crippen LogP contribution in [0.25, 0.3) is 11.1 Å². The summed E-state index contributed by atoms with van der Waals surface area (Å²) < 4.78 is 17.8. The van der Waals surface area contributed by atoms with Gasteiger partial charge in [-0.1, -0.05) is 87.5 Å². The Bertz CT molecular complexity index is 1330. The van der Waals surface area contributed by atoms with Gasteiger partial charge in [-0.2, -0.15) is 0 Å². The largest absolute Gasteiger partial charge is 0.466 e. The van der Waals surface area contributed by atoms with Crippen molar-refractivity contribution in [3.8, 4) is 11.1 Å². The van der Waals surface area contributed by atoms with Crippen molar-refractivity contribution in [3.63, 3.8) is 0 Å². The van der Waals surface area contributed by atoms with Crippen LogP contribution in [-0.2, 0) is 14.5 Å². The molecule has 0 amide bonds. The lowest BCUT2D eigenvalue weighted by molar-refractivity contribution is 0.272. The first-order valence-electron chi connectivity index (χ1n) is 9.46. The Hall–Kier alpha value is -2.12. The molecule has 0 aliphatic heterocycles. The van der Waals surface area contributed by atoms with Gasteiger partial charge in [0.2, 0.25) is 0 Å². The second-order valence-corrected chi connectivity index (χ2v) is 10.2. The molecule has 1 aliphatic carbocycles. The zero-order chi connectivity index (χ0) is 24.3. The Labute approximate surface area is 184 Å². The third-order valence-corrected chi connectivity index (χ3v) is 4.61. The van der Waals surface area contributed by atoms with Crippen LogP contribution in [-0.4, -0.2) is 29.4 Å². The summed E-state index contributed by atoms with van der Waals surface area (Å²) in [7, 11) is -9.28. The summed E-state index contributed by atoms with van der Waals surface area (Å²) in [5, 5.41) is 5.55. The van der Waals surface area contributed by atoms with Crippen molar-refractivity contribution in [1.29, 1.82) is 0 Å². The summed E-state index contributed by atoms with van der Waals surface area (Å²) in [4.78, 5) is 43.1. The minimum absolute atomic E-state index is 0.201. The normalized spacial score (nSPS) is 12.2. The minimum atomic E-state index is -4.64. The van der Waals surface area contributed by atoms with E-state index in [2.05, 4.69) is 87.5 Å². The molecule has 3 aromatic carbocycles. The molecule has 8 nitrogen and oxygen atoms in total. The van der Waals surface area contributed by atoms with Gasteiger partial charge in [0.1, 0.15) is 0 Å². The predicted octanol–water partition coefficient (Wildman–Crippen LogP) is 3.68. The maximum atomic E-state index is 8.88. The minimum Gasteiger partial charge on any atom is -0.303 e. The van der Waals surface area contributed by atoms with Gasteiger partial charge in [0, 0.05) is 0 Å². The van der Waals surface area contributed by atoms with Crippen LogP contribution in [0.1, 0.15) is 26.3 Å². The van der Waals surface area contributed by atoms with Crippen LogP contribution in [0.2, 0.25) is 0 Å². The molecule has 0 spiro atoms. The number of fused-ring (bicyclic) bond motifs is 2. The number of phosphoric acid groups is 2. The second kappa shape index (κ2) is 9.79. The van der Waals surface area contributed by atoms with E-state index in [1.807, 2.05) is 0 Å². The molecule has 0 heterocycles. The predicted molar refractivity (Wildman–Crippen MR) is 121 cm³/mol. The molecule has 10 heteroatoms. The van der Waals surface area contributed by atoms with Crippen LogP contribution in [0.15, 0.2) is 66.7 Å². The molecule has 3 aromatic rings. The summed E-state index contributed by atoms with van der Waals surface area (Å²) >= 11 is 0. The topological polar surface area (TPSA) is 156 Å². The third kappa shape index (κ3) is 7.78. The van der Waals surface area contributed by atoms with Gasteiger partial charge in [0.15, 0.2) is 0 Å². The fourth-order valence-corrected chi connectivity index (χ4v) is 3.33. The van der Waals surface area contributed by atoms with Crippen LogP contribution in [0.4, 0.5) is 0 Å². The fraction of sp³-hybridized carbons (Fsp3) is 0.182. The van der Waals surface area contributed by atoms with E-state index in [0.717, 1.165) is 0 Å². The van der Waals surface area contributed by atoms with Crippen LogP contribution < -0.4 is 0 Å². The van der Waals surface area contributed by atoms with E-state index in [9.17, 15) is 0 Å². The highest BCUT2D eigenvalue weighted by Gasteiger charge is 2.14. The van der Waals surface area contributed by atoms with Crippen molar-refractivity contribution >= 4 is 15.6 Å². The smallest absolute Gasteiger partial charge is 0.303 e. The second-order valence-electron chi connectivity index (χ2n) is 8.13. The van der Waals surface area contributed by atoms with Crippen molar-refractivity contribution < 1.29 is 38.5 Å². The molecule has 172 valence electrons. The highest BCUT2D eigenvalue weighted by molar-refractivity contribution is 7.45. The highest BCUT2D eigenvalue weighted by atomic mass is 31.2. The number of hydrogen-bond donors (Lipinski definition) is 6. The van der Waals surface area contributed by atoms with Crippen LogP contribution in [0.5, 0.6) is 0 Å². The molecule has 1 aliphatic rings. The average Bonchev–Trinajstić information content (AvgIpc) is 2.62. The van der Waals surface area contributed by atoms with E-state index in [1.165, 1.54) is 37.6 Å².